The second-order valence-electron chi connectivity index (χ2n) is 5.85. The molecule has 1 aromatic heterocycles. The van der Waals surface area contributed by atoms with Crippen LogP contribution in [0.15, 0.2) is 4.99 Å². The molecule has 2 rings (SSSR count). The molecule has 7 nitrogen and oxygen atoms in total. The van der Waals surface area contributed by atoms with Gasteiger partial charge in [0, 0.05) is 51.0 Å². The Morgan fingerprint density at radius 3 is 2.61 bits per heavy atom. The average molecular weight is 322 g/mol. The van der Waals surface area contributed by atoms with Gasteiger partial charge in [-0.15, -0.1) is 0 Å². The molecule has 23 heavy (non-hydrogen) atoms. The Balaban J connectivity index is 1.86. The summed E-state index contributed by atoms with van der Waals surface area (Å²) in [6.45, 7) is 13.3. The minimum Gasteiger partial charge on any atom is -0.379 e. The van der Waals surface area contributed by atoms with E-state index in [1.54, 1.807) is 0 Å². The molecular weight excluding hydrogens is 292 g/mol. The minimum atomic E-state index is 0.651. The molecule has 0 radical (unpaired) electrons. The van der Waals surface area contributed by atoms with Crippen LogP contribution in [0.5, 0.6) is 0 Å². The van der Waals surface area contributed by atoms with Gasteiger partial charge in [0.1, 0.15) is 0 Å². The molecule has 0 aliphatic carbocycles. The summed E-state index contributed by atoms with van der Waals surface area (Å²) >= 11 is 0. The maximum absolute atomic E-state index is 5.37. The van der Waals surface area contributed by atoms with Crippen LogP contribution < -0.4 is 10.6 Å². The van der Waals surface area contributed by atoms with Gasteiger partial charge in [-0.2, -0.15) is 5.10 Å². The summed E-state index contributed by atoms with van der Waals surface area (Å²) in [7, 11) is 1.97. The first kappa shape index (κ1) is 17.7. The van der Waals surface area contributed by atoms with E-state index in [2.05, 4.69) is 34.5 Å². The topological polar surface area (TPSA) is 66.7 Å². The molecule has 1 saturated heterocycles. The molecule has 1 aromatic rings. The Hall–Kier alpha value is -1.60. The quantitative estimate of drug-likeness (QED) is 0.587. The molecule has 2 N–H and O–H groups in total. The molecule has 1 aliphatic rings. The molecule has 0 amide bonds. The van der Waals surface area contributed by atoms with Crippen LogP contribution in [-0.4, -0.2) is 66.6 Å². The molecule has 1 fully saturated rings. The number of ether oxygens (including phenoxy) is 1. The Morgan fingerprint density at radius 1 is 1.26 bits per heavy atom. The van der Waals surface area contributed by atoms with Crippen molar-refractivity contribution in [1.82, 2.24) is 25.3 Å². The maximum atomic E-state index is 5.37. The van der Waals surface area contributed by atoms with Crippen LogP contribution in [-0.2, 0) is 18.3 Å². The number of aryl methyl sites for hydroxylation is 2. The van der Waals surface area contributed by atoms with E-state index in [9.17, 15) is 0 Å². The van der Waals surface area contributed by atoms with Gasteiger partial charge in [0.2, 0.25) is 0 Å². The van der Waals surface area contributed by atoms with Gasteiger partial charge in [0.15, 0.2) is 5.96 Å². The number of aliphatic imine (C=N–C) groups is 1. The fourth-order valence-electron chi connectivity index (χ4n) is 2.70. The van der Waals surface area contributed by atoms with Crippen molar-refractivity contribution in [3.05, 3.63) is 17.0 Å². The SMILES string of the molecule is CCNC(=NCc1c(C)nn(C)c1C)NCCN1CCOCC1. The highest BCUT2D eigenvalue weighted by molar-refractivity contribution is 5.79. The zero-order valence-electron chi connectivity index (χ0n) is 14.9. The summed E-state index contributed by atoms with van der Waals surface area (Å²) in [4.78, 5) is 7.11. The van der Waals surface area contributed by atoms with E-state index < -0.39 is 0 Å². The minimum absolute atomic E-state index is 0.651. The van der Waals surface area contributed by atoms with E-state index in [1.165, 1.54) is 11.3 Å². The number of hydrogen-bond acceptors (Lipinski definition) is 4. The first-order chi connectivity index (χ1) is 11.1. The number of morpholine rings is 1. The van der Waals surface area contributed by atoms with Crippen molar-refractivity contribution in [3.63, 3.8) is 0 Å². The molecule has 1 aliphatic heterocycles. The van der Waals surface area contributed by atoms with Crippen molar-refractivity contribution in [1.29, 1.82) is 0 Å². The van der Waals surface area contributed by atoms with E-state index in [0.717, 1.165) is 57.6 Å². The van der Waals surface area contributed by atoms with Crippen molar-refractivity contribution in [2.45, 2.75) is 27.3 Å². The van der Waals surface area contributed by atoms with Gasteiger partial charge in [-0.3, -0.25) is 9.58 Å². The summed E-state index contributed by atoms with van der Waals surface area (Å²) in [5.74, 6) is 0.864. The van der Waals surface area contributed by atoms with Gasteiger partial charge < -0.3 is 15.4 Å². The Morgan fingerprint density at radius 2 is 2.00 bits per heavy atom. The van der Waals surface area contributed by atoms with E-state index in [0.29, 0.717) is 6.54 Å². The van der Waals surface area contributed by atoms with Gasteiger partial charge >= 0.3 is 0 Å². The third-order valence-corrected chi connectivity index (χ3v) is 4.22. The van der Waals surface area contributed by atoms with Crippen LogP contribution in [0.25, 0.3) is 0 Å². The Kier molecular flexibility index (Phi) is 6.85. The van der Waals surface area contributed by atoms with Gasteiger partial charge in [0.05, 0.1) is 25.5 Å². The van der Waals surface area contributed by atoms with Crippen LogP contribution in [0, 0.1) is 13.8 Å². The molecule has 0 spiro atoms. The summed E-state index contributed by atoms with van der Waals surface area (Å²) in [6.07, 6.45) is 0. The summed E-state index contributed by atoms with van der Waals surface area (Å²) in [5.41, 5.74) is 3.44. The molecular formula is C16H30N6O. The lowest BCUT2D eigenvalue weighted by Crippen LogP contribution is -2.44. The van der Waals surface area contributed by atoms with Crippen LogP contribution >= 0.6 is 0 Å². The fraction of sp³-hybridized carbons (Fsp3) is 0.750. The van der Waals surface area contributed by atoms with Gasteiger partial charge in [0.25, 0.3) is 0 Å². The number of guanidine groups is 1. The number of aromatic nitrogens is 2. The first-order valence-corrected chi connectivity index (χ1v) is 8.43. The van der Waals surface area contributed by atoms with E-state index in [1.807, 2.05) is 18.7 Å². The van der Waals surface area contributed by atoms with E-state index in [4.69, 9.17) is 9.73 Å². The van der Waals surface area contributed by atoms with Crippen LogP contribution in [0.4, 0.5) is 0 Å². The number of hydrogen-bond donors (Lipinski definition) is 2. The van der Waals surface area contributed by atoms with Gasteiger partial charge in [-0.25, -0.2) is 4.99 Å². The number of rotatable bonds is 6. The average Bonchev–Trinajstić information content (AvgIpc) is 2.79. The van der Waals surface area contributed by atoms with Gasteiger partial charge in [-0.1, -0.05) is 0 Å². The third-order valence-electron chi connectivity index (χ3n) is 4.22. The van der Waals surface area contributed by atoms with E-state index in [-0.39, 0.29) is 0 Å². The number of nitrogens with one attached hydrogen (secondary N) is 2. The van der Waals surface area contributed by atoms with Crippen LogP contribution in [0.3, 0.4) is 0 Å². The second-order valence-corrected chi connectivity index (χ2v) is 5.85. The molecule has 7 heteroatoms. The van der Waals surface area contributed by atoms with Crippen LogP contribution in [0.2, 0.25) is 0 Å². The molecule has 2 heterocycles. The zero-order valence-corrected chi connectivity index (χ0v) is 14.9. The zero-order chi connectivity index (χ0) is 16.7. The largest absolute Gasteiger partial charge is 0.379 e. The molecule has 0 atom stereocenters. The second kappa shape index (κ2) is 8.88. The van der Waals surface area contributed by atoms with E-state index >= 15 is 0 Å². The highest BCUT2D eigenvalue weighted by Gasteiger charge is 2.11. The maximum Gasteiger partial charge on any atom is 0.191 e. The van der Waals surface area contributed by atoms with Crippen molar-refractivity contribution in [2.24, 2.45) is 12.0 Å². The Bertz CT molecular complexity index is 519. The summed E-state index contributed by atoms with van der Waals surface area (Å²) < 4.78 is 7.29. The van der Waals surface area contributed by atoms with Crippen molar-refractivity contribution >= 4 is 5.96 Å². The third kappa shape index (κ3) is 5.21. The van der Waals surface area contributed by atoms with Crippen molar-refractivity contribution < 1.29 is 4.74 Å². The van der Waals surface area contributed by atoms with Crippen LogP contribution in [0.1, 0.15) is 23.9 Å². The summed E-state index contributed by atoms with van der Waals surface area (Å²) in [6, 6.07) is 0. The summed E-state index contributed by atoms with van der Waals surface area (Å²) in [5, 5.41) is 11.2. The standard InChI is InChI=1S/C16H30N6O/c1-5-17-16(18-6-7-22-8-10-23-11-9-22)19-12-15-13(2)20-21(4)14(15)3/h5-12H2,1-4H3,(H2,17,18,19). The van der Waals surface area contributed by atoms with Gasteiger partial charge in [-0.05, 0) is 20.8 Å². The molecule has 0 unspecified atom stereocenters. The molecule has 0 aromatic carbocycles. The molecule has 0 bridgehead atoms. The highest BCUT2D eigenvalue weighted by Crippen LogP contribution is 2.12. The fourth-order valence-corrected chi connectivity index (χ4v) is 2.70. The van der Waals surface area contributed by atoms with Crippen molar-refractivity contribution in [2.75, 3.05) is 45.9 Å². The predicted molar refractivity (Wildman–Crippen MR) is 92.8 cm³/mol. The Labute approximate surface area is 139 Å². The first-order valence-electron chi connectivity index (χ1n) is 8.43. The smallest absolute Gasteiger partial charge is 0.191 e. The monoisotopic (exact) mass is 322 g/mol. The lowest BCUT2D eigenvalue weighted by Gasteiger charge is -2.26. The van der Waals surface area contributed by atoms with Crippen molar-refractivity contribution in [3.8, 4) is 0 Å². The number of nitrogens with zero attached hydrogens (tertiary/aromatic N) is 4. The predicted octanol–water partition coefficient (Wildman–Crippen LogP) is 0.424. The lowest BCUT2D eigenvalue weighted by atomic mass is 10.2. The normalized spacial score (nSPS) is 16.6. The highest BCUT2D eigenvalue weighted by atomic mass is 16.5. The molecule has 0 saturated carbocycles. The lowest BCUT2D eigenvalue weighted by molar-refractivity contribution is 0.0389. The molecule has 130 valence electrons.